The quantitative estimate of drug-likeness (QED) is 0.176. The number of alkyl halides is 2. The highest BCUT2D eigenvalue weighted by molar-refractivity contribution is 7.17. The Morgan fingerprint density at radius 3 is 1.28 bits per heavy atom. The Balaban J connectivity index is 1.04. The Bertz CT molecular complexity index is 2440. The smallest absolute Gasteiger partial charge is 0.208 e. The topological polar surface area (TPSA) is 64.5 Å². The van der Waals surface area contributed by atoms with E-state index >= 15 is 8.78 Å². The third-order valence-electron chi connectivity index (χ3n) is 8.87. The van der Waals surface area contributed by atoms with Crippen molar-refractivity contribution in [3.05, 3.63) is 163 Å². The van der Waals surface area contributed by atoms with Crippen LogP contribution in [0.4, 0.5) is 8.78 Å². The van der Waals surface area contributed by atoms with Gasteiger partial charge in [0.15, 0.2) is 17.5 Å². The van der Waals surface area contributed by atoms with Crippen LogP contribution in [0.25, 0.3) is 77.6 Å². The Kier molecular flexibility index (Phi) is 7.17. The van der Waals surface area contributed by atoms with Gasteiger partial charge in [-0.25, -0.2) is 15.0 Å². The third-order valence-corrected chi connectivity index (χ3v) is 9.90. The molecule has 0 spiro atoms. The second-order valence-electron chi connectivity index (χ2n) is 12.0. The van der Waals surface area contributed by atoms with Gasteiger partial charge in [-0.3, -0.25) is 0 Å². The zero-order chi connectivity index (χ0) is 33.7. The van der Waals surface area contributed by atoms with Crippen molar-refractivity contribution in [3.8, 4) is 77.6 Å². The zero-order valence-electron chi connectivity index (χ0n) is 26.3. The predicted molar refractivity (Wildman–Crippen MR) is 194 cm³/mol. The molecule has 5 nitrogen and oxygen atoms in total. The maximum atomic E-state index is 16.4. The summed E-state index contributed by atoms with van der Waals surface area (Å²) in [7, 11) is 0. The molecule has 0 N–H and O–H groups in total. The molecule has 0 atom stereocenters. The van der Waals surface area contributed by atoms with Crippen LogP contribution in [0.5, 0.6) is 0 Å². The van der Waals surface area contributed by atoms with E-state index in [2.05, 4.69) is 10.2 Å². The summed E-state index contributed by atoms with van der Waals surface area (Å²) in [6, 6.07) is 47.3. The van der Waals surface area contributed by atoms with Crippen LogP contribution in [0.15, 0.2) is 152 Å². The lowest BCUT2D eigenvalue weighted by Gasteiger charge is -2.14. The number of benzene rings is 6. The first-order valence-corrected chi connectivity index (χ1v) is 16.9. The molecule has 50 heavy (non-hydrogen) atoms. The largest absolute Gasteiger partial charge is 0.299 e. The zero-order valence-corrected chi connectivity index (χ0v) is 27.2. The van der Waals surface area contributed by atoms with Gasteiger partial charge in [-0.2, -0.15) is 8.78 Å². The van der Waals surface area contributed by atoms with E-state index < -0.39 is 5.92 Å². The fourth-order valence-corrected chi connectivity index (χ4v) is 7.18. The van der Waals surface area contributed by atoms with E-state index in [-0.39, 0.29) is 11.1 Å². The second-order valence-corrected chi connectivity index (χ2v) is 13.0. The minimum atomic E-state index is -3.21. The predicted octanol–water partition coefficient (Wildman–Crippen LogP) is 10.8. The van der Waals surface area contributed by atoms with Gasteiger partial charge in [-0.05, 0) is 34.4 Å². The average molecular weight is 670 g/mol. The molecule has 0 unspecified atom stereocenters. The van der Waals surface area contributed by atoms with Gasteiger partial charge in [0.2, 0.25) is 0 Å². The highest BCUT2D eigenvalue weighted by atomic mass is 32.1. The first kappa shape index (κ1) is 29.9. The van der Waals surface area contributed by atoms with E-state index in [9.17, 15) is 0 Å². The summed E-state index contributed by atoms with van der Waals surface area (Å²) in [6.07, 6.45) is 0. The number of nitrogens with zero attached hydrogens (tertiary/aromatic N) is 5. The lowest BCUT2D eigenvalue weighted by molar-refractivity contribution is 0.0481. The minimum Gasteiger partial charge on any atom is -0.208 e. The van der Waals surface area contributed by atoms with Crippen LogP contribution in [-0.4, -0.2) is 25.1 Å². The molecule has 1 aliphatic carbocycles. The van der Waals surface area contributed by atoms with E-state index in [0.29, 0.717) is 39.7 Å². The summed E-state index contributed by atoms with van der Waals surface area (Å²) < 4.78 is 32.7. The van der Waals surface area contributed by atoms with Gasteiger partial charge in [0.1, 0.15) is 10.0 Å². The fourth-order valence-electron chi connectivity index (χ4n) is 6.32. The van der Waals surface area contributed by atoms with Crippen molar-refractivity contribution in [1.29, 1.82) is 0 Å². The van der Waals surface area contributed by atoms with Gasteiger partial charge < -0.3 is 0 Å². The molecule has 0 amide bonds. The van der Waals surface area contributed by atoms with E-state index in [4.69, 9.17) is 15.0 Å². The molecule has 0 bridgehead atoms. The monoisotopic (exact) mass is 669 g/mol. The Labute approximate surface area is 290 Å². The molecule has 2 heterocycles. The lowest BCUT2D eigenvalue weighted by Crippen LogP contribution is -2.11. The molecule has 0 aliphatic heterocycles. The maximum absolute atomic E-state index is 16.4. The Morgan fingerprint density at radius 2 is 0.760 bits per heavy atom. The van der Waals surface area contributed by atoms with Crippen molar-refractivity contribution in [2.24, 2.45) is 0 Å². The van der Waals surface area contributed by atoms with Crippen LogP contribution in [0.3, 0.4) is 0 Å². The van der Waals surface area contributed by atoms with Crippen LogP contribution in [0, 0.1) is 0 Å². The number of fused-ring (bicyclic) bond motifs is 3. The molecule has 0 saturated heterocycles. The first-order chi connectivity index (χ1) is 24.5. The third kappa shape index (κ3) is 5.27. The maximum Gasteiger partial charge on any atom is 0.299 e. The van der Waals surface area contributed by atoms with Gasteiger partial charge >= 0.3 is 0 Å². The normalized spacial score (nSPS) is 12.8. The van der Waals surface area contributed by atoms with E-state index in [1.807, 2.05) is 127 Å². The standard InChI is InChI=1S/C42H25F2N5S/c43-42(44)35-24-31(26-16-18-30(19-17-26)41-49-48-40(50-41)29-14-8-3-9-15-29)20-22-33(35)34-23-21-32(25-36(34)42)39-46-37(27-10-4-1-5-11-27)45-38(47-39)28-12-6-2-7-13-28/h1-25H. The Morgan fingerprint density at radius 1 is 0.380 bits per heavy atom. The van der Waals surface area contributed by atoms with Crippen LogP contribution in [-0.2, 0) is 5.92 Å². The van der Waals surface area contributed by atoms with Crippen molar-refractivity contribution in [1.82, 2.24) is 25.1 Å². The molecule has 8 heteroatoms. The average Bonchev–Trinajstić information content (AvgIpc) is 3.77. The molecule has 0 radical (unpaired) electrons. The summed E-state index contributed by atoms with van der Waals surface area (Å²) in [5.74, 6) is -1.93. The molecule has 1 aliphatic rings. The SMILES string of the molecule is FC1(F)c2cc(-c3ccc(-c4nnc(-c5ccccc5)s4)cc3)ccc2-c2ccc(-c3nc(-c4ccccc4)nc(-c4ccccc4)n3)cc21. The van der Waals surface area contributed by atoms with Gasteiger partial charge in [0.25, 0.3) is 5.92 Å². The summed E-state index contributed by atoms with van der Waals surface area (Å²) in [4.78, 5) is 14.2. The summed E-state index contributed by atoms with van der Waals surface area (Å²) in [5.41, 5.74) is 6.54. The second kappa shape index (κ2) is 12.0. The molecule has 6 aromatic carbocycles. The van der Waals surface area contributed by atoms with Crippen molar-refractivity contribution >= 4 is 11.3 Å². The number of rotatable bonds is 6. The molecular weight excluding hydrogens is 645 g/mol. The highest BCUT2D eigenvalue weighted by Gasteiger charge is 2.44. The summed E-state index contributed by atoms with van der Waals surface area (Å²) >= 11 is 1.51. The van der Waals surface area contributed by atoms with Gasteiger partial charge in [-0.1, -0.05) is 151 Å². The molecule has 8 aromatic rings. The molecule has 2 aromatic heterocycles. The number of hydrogen-bond donors (Lipinski definition) is 0. The number of halogens is 2. The van der Waals surface area contributed by atoms with Crippen molar-refractivity contribution in [2.45, 2.75) is 5.92 Å². The van der Waals surface area contributed by atoms with Crippen molar-refractivity contribution in [2.75, 3.05) is 0 Å². The van der Waals surface area contributed by atoms with Crippen LogP contribution >= 0.6 is 11.3 Å². The van der Waals surface area contributed by atoms with Crippen LogP contribution < -0.4 is 0 Å². The number of aromatic nitrogens is 5. The van der Waals surface area contributed by atoms with E-state index in [0.717, 1.165) is 37.8 Å². The molecule has 0 fully saturated rings. The molecule has 9 rings (SSSR count). The van der Waals surface area contributed by atoms with E-state index in [1.54, 1.807) is 18.2 Å². The van der Waals surface area contributed by atoms with Crippen molar-refractivity contribution in [3.63, 3.8) is 0 Å². The molecule has 238 valence electrons. The van der Waals surface area contributed by atoms with Gasteiger partial charge in [0, 0.05) is 38.9 Å². The molecule has 0 saturated carbocycles. The van der Waals surface area contributed by atoms with Crippen LogP contribution in [0.2, 0.25) is 0 Å². The highest BCUT2D eigenvalue weighted by Crippen LogP contribution is 2.52. The van der Waals surface area contributed by atoms with Gasteiger partial charge in [-0.15, -0.1) is 10.2 Å². The lowest BCUT2D eigenvalue weighted by atomic mass is 9.98. The Hall–Kier alpha value is -6.25. The molecular formula is C42H25F2N5S. The van der Waals surface area contributed by atoms with E-state index in [1.165, 1.54) is 17.4 Å². The van der Waals surface area contributed by atoms with Crippen LogP contribution in [0.1, 0.15) is 11.1 Å². The first-order valence-electron chi connectivity index (χ1n) is 16.1. The van der Waals surface area contributed by atoms with Gasteiger partial charge in [0.05, 0.1) is 0 Å². The summed E-state index contributed by atoms with van der Waals surface area (Å²) in [6.45, 7) is 0. The minimum absolute atomic E-state index is 0.0200. The number of hydrogen-bond acceptors (Lipinski definition) is 6. The fraction of sp³-hybridized carbons (Fsp3) is 0.0238. The van der Waals surface area contributed by atoms with Crippen molar-refractivity contribution < 1.29 is 8.78 Å². The summed E-state index contributed by atoms with van der Waals surface area (Å²) in [5, 5.41) is 10.4.